The molecule has 0 radical (unpaired) electrons. The number of rotatable bonds is 9. The molecule has 0 aromatic carbocycles. The van der Waals surface area contributed by atoms with Crippen molar-refractivity contribution in [3.05, 3.63) is 17.8 Å². The first-order chi connectivity index (χ1) is 9.27. The van der Waals surface area contributed by atoms with Crippen molar-refractivity contribution in [3.63, 3.8) is 0 Å². The summed E-state index contributed by atoms with van der Waals surface area (Å²) in [6.07, 6.45) is 3.44. The van der Waals surface area contributed by atoms with Crippen LogP contribution in [0.5, 0.6) is 0 Å². The standard InChI is InChI=1S/C13H20N4O2/c1-18-6-7-19-5-3-2-4-16-13-12(15)8-11(9-14)10-17-13/h8,10H,2-7,15H2,1H3,(H,16,17). The molecule has 0 fully saturated rings. The van der Waals surface area contributed by atoms with Crippen LogP contribution in [0.1, 0.15) is 18.4 Å². The zero-order chi connectivity index (χ0) is 13.9. The second-order valence-corrected chi connectivity index (χ2v) is 4.01. The summed E-state index contributed by atoms with van der Waals surface area (Å²) >= 11 is 0. The van der Waals surface area contributed by atoms with Gasteiger partial charge >= 0.3 is 0 Å². The number of ether oxygens (including phenoxy) is 2. The van der Waals surface area contributed by atoms with Crippen molar-refractivity contribution in [3.8, 4) is 6.07 Å². The smallest absolute Gasteiger partial charge is 0.149 e. The summed E-state index contributed by atoms with van der Waals surface area (Å²) in [6.45, 7) is 2.76. The number of hydrogen-bond donors (Lipinski definition) is 2. The molecule has 6 heteroatoms. The molecule has 0 atom stereocenters. The van der Waals surface area contributed by atoms with Crippen LogP contribution in [0.2, 0.25) is 0 Å². The Morgan fingerprint density at radius 3 is 2.89 bits per heavy atom. The van der Waals surface area contributed by atoms with Crippen molar-refractivity contribution in [1.29, 1.82) is 5.26 Å². The van der Waals surface area contributed by atoms with E-state index in [1.165, 1.54) is 6.20 Å². The van der Waals surface area contributed by atoms with Crippen LogP contribution in [0.15, 0.2) is 12.3 Å². The van der Waals surface area contributed by atoms with Crippen molar-refractivity contribution in [2.45, 2.75) is 12.8 Å². The zero-order valence-corrected chi connectivity index (χ0v) is 11.2. The Kier molecular flexibility index (Phi) is 7.32. The second kappa shape index (κ2) is 9.14. The van der Waals surface area contributed by atoms with Crippen molar-refractivity contribution in [2.75, 3.05) is 44.5 Å². The molecule has 0 aliphatic carbocycles. The van der Waals surface area contributed by atoms with Crippen molar-refractivity contribution < 1.29 is 9.47 Å². The van der Waals surface area contributed by atoms with Crippen molar-refractivity contribution in [2.24, 2.45) is 0 Å². The number of nitriles is 1. The highest BCUT2D eigenvalue weighted by Crippen LogP contribution is 2.15. The predicted molar refractivity (Wildman–Crippen MR) is 73.8 cm³/mol. The first-order valence-corrected chi connectivity index (χ1v) is 6.24. The summed E-state index contributed by atoms with van der Waals surface area (Å²) < 4.78 is 10.2. The minimum Gasteiger partial charge on any atom is -0.396 e. The van der Waals surface area contributed by atoms with Gasteiger partial charge in [0.2, 0.25) is 0 Å². The molecule has 0 saturated carbocycles. The largest absolute Gasteiger partial charge is 0.396 e. The number of unbranched alkanes of at least 4 members (excludes halogenated alkanes) is 1. The molecule has 0 unspecified atom stereocenters. The molecule has 1 aromatic heterocycles. The molecule has 6 nitrogen and oxygen atoms in total. The molecule has 3 N–H and O–H groups in total. The molecule has 0 amide bonds. The number of nitrogens with one attached hydrogen (secondary N) is 1. The number of hydrogen-bond acceptors (Lipinski definition) is 6. The van der Waals surface area contributed by atoms with Crippen LogP contribution in [0.25, 0.3) is 0 Å². The van der Waals surface area contributed by atoms with Gasteiger partial charge in [-0.25, -0.2) is 4.98 Å². The third kappa shape index (κ3) is 6.04. The fourth-order valence-electron chi connectivity index (χ4n) is 1.47. The Balaban J connectivity index is 2.14. The summed E-state index contributed by atoms with van der Waals surface area (Å²) in [6, 6.07) is 3.61. The number of nitrogens with two attached hydrogens (primary N) is 1. The van der Waals surface area contributed by atoms with E-state index < -0.39 is 0 Å². The summed E-state index contributed by atoms with van der Waals surface area (Å²) in [7, 11) is 1.66. The highest BCUT2D eigenvalue weighted by molar-refractivity contribution is 5.62. The first kappa shape index (κ1) is 15.2. The van der Waals surface area contributed by atoms with E-state index in [0.29, 0.717) is 30.3 Å². The topological polar surface area (TPSA) is 93.2 Å². The zero-order valence-electron chi connectivity index (χ0n) is 11.2. The lowest BCUT2D eigenvalue weighted by Gasteiger charge is -2.08. The van der Waals surface area contributed by atoms with E-state index in [1.807, 2.05) is 6.07 Å². The molecule has 0 bridgehead atoms. The van der Waals surface area contributed by atoms with Gasteiger partial charge in [-0.2, -0.15) is 5.26 Å². The van der Waals surface area contributed by atoms with E-state index in [4.69, 9.17) is 20.5 Å². The molecule has 1 rings (SSSR count). The molecular weight excluding hydrogens is 244 g/mol. The van der Waals surface area contributed by atoms with Gasteiger partial charge in [0.05, 0.1) is 24.5 Å². The Morgan fingerprint density at radius 1 is 1.37 bits per heavy atom. The van der Waals surface area contributed by atoms with Crippen LogP contribution < -0.4 is 11.1 Å². The summed E-state index contributed by atoms with van der Waals surface area (Å²) in [5.74, 6) is 0.624. The van der Waals surface area contributed by atoms with Crippen LogP contribution in [0.3, 0.4) is 0 Å². The first-order valence-electron chi connectivity index (χ1n) is 6.24. The molecule has 0 saturated heterocycles. The second-order valence-electron chi connectivity index (χ2n) is 4.01. The average Bonchev–Trinajstić information content (AvgIpc) is 2.43. The van der Waals surface area contributed by atoms with E-state index in [1.54, 1.807) is 13.2 Å². The fourth-order valence-corrected chi connectivity index (χ4v) is 1.47. The van der Waals surface area contributed by atoms with Gasteiger partial charge in [0.25, 0.3) is 0 Å². The van der Waals surface area contributed by atoms with Crippen LogP contribution in [0, 0.1) is 11.3 Å². The van der Waals surface area contributed by atoms with E-state index in [-0.39, 0.29) is 0 Å². The third-order valence-electron chi connectivity index (χ3n) is 2.49. The Labute approximate surface area is 113 Å². The quantitative estimate of drug-likeness (QED) is 0.655. The number of methoxy groups -OCH3 is 1. The maximum absolute atomic E-state index is 8.70. The van der Waals surface area contributed by atoms with Gasteiger partial charge in [0.1, 0.15) is 11.9 Å². The summed E-state index contributed by atoms with van der Waals surface area (Å²) in [5.41, 5.74) is 6.74. The van der Waals surface area contributed by atoms with E-state index in [0.717, 1.165) is 26.0 Å². The van der Waals surface area contributed by atoms with Crippen LogP contribution in [-0.4, -0.2) is 38.5 Å². The maximum Gasteiger partial charge on any atom is 0.149 e. The minimum absolute atomic E-state index is 0.467. The number of pyridine rings is 1. The van der Waals surface area contributed by atoms with E-state index >= 15 is 0 Å². The van der Waals surface area contributed by atoms with E-state index in [9.17, 15) is 0 Å². The Bertz CT molecular complexity index is 418. The third-order valence-corrected chi connectivity index (χ3v) is 2.49. The van der Waals surface area contributed by atoms with Crippen molar-refractivity contribution >= 4 is 11.5 Å². The predicted octanol–water partition coefficient (Wildman–Crippen LogP) is 1.39. The molecular formula is C13H20N4O2. The van der Waals surface area contributed by atoms with Gasteiger partial charge in [-0.15, -0.1) is 0 Å². The lowest BCUT2D eigenvalue weighted by atomic mass is 10.2. The van der Waals surface area contributed by atoms with Gasteiger partial charge in [0.15, 0.2) is 0 Å². The lowest BCUT2D eigenvalue weighted by molar-refractivity contribution is 0.0691. The van der Waals surface area contributed by atoms with Gasteiger partial charge in [-0.05, 0) is 18.9 Å². The van der Waals surface area contributed by atoms with Crippen LogP contribution in [-0.2, 0) is 9.47 Å². The van der Waals surface area contributed by atoms with Gasteiger partial charge in [-0.1, -0.05) is 0 Å². The highest BCUT2D eigenvalue weighted by atomic mass is 16.5. The minimum atomic E-state index is 0.467. The van der Waals surface area contributed by atoms with Crippen molar-refractivity contribution in [1.82, 2.24) is 4.98 Å². The lowest BCUT2D eigenvalue weighted by Crippen LogP contribution is -2.08. The maximum atomic E-state index is 8.70. The molecule has 19 heavy (non-hydrogen) atoms. The normalized spacial score (nSPS) is 10.1. The molecule has 1 aromatic rings. The average molecular weight is 264 g/mol. The molecule has 0 aliphatic heterocycles. The molecule has 0 aliphatic rings. The van der Waals surface area contributed by atoms with Gasteiger partial charge in [0, 0.05) is 26.5 Å². The number of nitrogens with zero attached hydrogens (tertiary/aromatic N) is 2. The Morgan fingerprint density at radius 2 is 2.21 bits per heavy atom. The monoisotopic (exact) mass is 264 g/mol. The number of nitrogen functional groups attached to an aromatic ring is 1. The molecule has 104 valence electrons. The number of aromatic nitrogens is 1. The molecule has 1 heterocycles. The van der Waals surface area contributed by atoms with Crippen LogP contribution in [0.4, 0.5) is 11.5 Å². The van der Waals surface area contributed by atoms with Gasteiger partial charge < -0.3 is 20.5 Å². The van der Waals surface area contributed by atoms with E-state index in [2.05, 4.69) is 10.3 Å². The van der Waals surface area contributed by atoms with Gasteiger partial charge in [-0.3, -0.25) is 0 Å². The summed E-state index contributed by atoms with van der Waals surface area (Å²) in [4.78, 5) is 4.10. The fraction of sp³-hybridized carbons (Fsp3) is 0.538. The molecule has 0 spiro atoms. The highest BCUT2D eigenvalue weighted by Gasteiger charge is 2.01. The number of anilines is 2. The SMILES string of the molecule is COCCOCCCCNc1ncc(C#N)cc1N. The summed E-state index contributed by atoms with van der Waals surface area (Å²) in [5, 5.41) is 11.8. The Hall–Kier alpha value is -1.84. The van der Waals surface area contributed by atoms with Crippen LogP contribution >= 0.6 is 0 Å².